The van der Waals surface area contributed by atoms with Crippen molar-refractivity contribution in [1.29, 1.82) is 0 Å². The van der Waals surface area contributed by atoms with E-state index in [1.807, 2.05) is 6.07 Å². The standard InChI is InChI=1S/C20H13F3N4O2/c21-20(22,23)18-15(12-24-27(18)14-9-5-2-6-10-14)19(28)25-17-11-16(29-26-17)13-7-3-1-4-8-13/h1-12H,(H,25,26,28). The maximum Gasteiger partial charge on any atom is 0.434 e. The summed E-state index contributed by atoms with van der Waals surface area (Å²) in [5.41, 5.74) is -0.890. The highest BCUT2D eigenvalue weighted by Crippen LogP contribution is 2.34. The molecule has 0 aliphatic rings. The van der Waals surface area contributed by atoms with E-state index in [1.165, 1.54) is 18.2 Å². The summed E-state index contributed by atoms with van der Waals surface area (Å²) in [5.74, 6) is -0.626. The van der Waals surface area contributed by atoms with Crippen molar-refractivity contribution in [2.24, 2.45) is 0 Å². The first-order valence-corrected chi connectivity index (χ1v) is 8.47. The Morgan fingerprint density at radius 1 is 1.00 bits per heavy atom. The Hall–Kier alpha value is -3.88. The summed E-state index contributed by atoms with van der Waals surface area (Å²) in [6.07, 6.45) is -3.92. The Morgan fingerprint density at radius 3 is 2.31 bits per heavy atom. The minimum atomic E-state index is -4.79. The molecule has 0 fully saturated rings. The molecule has 6 nitrogen and oxygen atoms in total. The third-order valence-corrected chi connectivity index (χ3v) is 4.09. The molecule has 0 radical (unpaired) electrons. The summed E-state index contributed by atoms with van der Waals surface area (Å²) in [4.78, 5) is 12.5. The van der Waals surface area contributed by atoms with Crippen LogP contribution in [0.25, 0.3) is 17.0 Å². The average molecular weight is 398 g/mol. The molecular formula is C20H13F3N4O2. The molecule has 0 aliphatic heterocycles. The number of amides is 1. The van der Waals surface area contributed by atoms with Gasteiger partial charge >= 0.3 is 6.18 Å². The van der Waals surface area contributed by atoms with Crippen LogP contribution in [0.15, 0.2) is 77.4 Å². The van der Waals surface area contributed by atoms with E-state index in [-0.39, 0.29) is 11.5 Å². The number of aromatic nitrogens is 3. The second kappa shape index (κ2) is 7.27. The van der Waals surface area contributed by atoms with Crippen LogP contribution < -0.4 is 5.32 Å². The smallest absolute Gasteiger partial charge is 0.354 e. The number of para-hydroxylation sites is 1. The van der Waals surface area contributed by atoms with Gasteiger partial charge in [-0.2, -0.15) is 18.3 Å². The van der Waals surface area contributed by atoms with E-state index in [0.29, 0.717) is 16.0 Å². The van der Waals surface area contributed by atoms with E-state index >= 15 is 0 Å². The lowest BCUT2D eigenvalue weighted by atomic mass is 10.2. The summed E-state index contributed by atoms with van der Waals surface area (Å²) < 4.78 is 46.9. The molecule has 1 amide bonds. The summed E-state index contributed by atoms with van der Waals surface area (Å²) in [6, 6.07) is 18.2. The van der Waals surface area contributed by atoms with Crippen LogP contribution in [-0.4, -0.2) is 20.8 Å². The van der Waals surface area contributed by atoms with Crippen LogP contribution in [0.1, 0.15) is 16.1 Å². The monoisotopic (exact) mass is 398 g/mol. The Kier molecular flexibility index (Phi) is 4.63. The van der Waals surface area contributed by atoms with E-state index in [0.717, 1.165) is 6.20 Å². The predicted molar refractivity (Wildman–Crippen MR) is 98.5 cm³/mol. The van der Waals surface area contributed by atoms with Crippen LogP contribution in [0.2, 0.25) is 0 Å². The second-order valence-electron chi connectivity index (χ2n) is 6.05. The van der Waals surface area contributed by atoms with Gasteiger partial charge in [-0.3, -0.25) is 4.79 Å². The zero-order valence-electron chi connectivity index (χ0n) is 14.7. The quantitative estimate of drug-likeness (QED) is 0.536. The number of hydrogen-bond donors (Lipinski definition) is 1. The Morgan fingerprint density at radius 2 is 1.66 bits per heavy atom. The maximum absolute atomic E-state index is 13.7. The van der Waals surface area contributed by atoms with Gasteiger partial charge in [0.1, 0.15) is 0 Å². The maximum atomic E-state index is 13.7. The predicted octanol–water partition coefficient (Wildman–Crippen LogP) is 4.80. The van der Waals surface area contributed by atoms with Crippen LogP contribution in [0.3, 0.4) is 0 Å². The van der Waals surface area contributed by atoms with E-state index < -0.39 is 23.3 Å². The first-order valence-electron chi connectivity index (χ1n) is 8.47. The van der Waals surface area contributed by atoms with Crippen molar-refractivity contribution in [3.8, 4) is 17.0 Å². The van der Waals surface area contributed by atoms with Gasteiger partial charge in [0.2, 0.25) is 0 Å². The van der Waals surface area contributed by atoms with Crippen LogP contribution in [0, 0.1) is 0 Å². The number of carbonyl (C=O) groups is 1. The molecule has 2 aromatic carbocycles. The van der Waals surface area contributed by atoms with Gasteiger partial charge in [-0.15, -0.1) is 0 Å². The van der Waals surface area contributed by atoms with Crippen LogP contribution >= 0.6 is 0 Å². The number of alkyl halides is 3. The molecule has 29 heavy (non-hydrogen) atoms. The topological polar surface area (TPSA) is 73.0 Å². The van der Waals surface area contributed by atoms with Crippen LogP contribution in [-0.2, 0) is 6.18 Å². The van der Waals surface area contributed by atoms with E-state index in [4.69, 9.17) is 4.52 Å². The van der Waals surface area contributed by atoms with Crippen molar-refractivity contribution in [2.45, 2.75) is 6.18 Å². The Balaban J connectivity index is 1.64. The minimum absolute atomic E-state index is 0.00515. The Bertz CT molecular complexity index is 1140. The van der Waals surface area contributed by atoms with Crippen molar-refractivity contribution < 1.29 is 22.5 Å². The average Bonchev–Trinajstić information content (AvgIpc) is 3.36. The fourth-order valence-electron chi connectivity index (χ4n) is 2.81. The van der Waals surface area contributed by atoms with Crippen molar-refractivity contribution in [1.82, 2.24) is 14.9 Å². The van der Waals surface area contributed by atoms with Gasteiger partial charge in [0.05, 0.1) is 17.4 Å². The molecule has 1 N–H and O–H groups in total. The molecule has 0 saturated heterocycles. The minimum Gasteiger partial charge on any atom is -0.354 e. The largest absolute Gasteiger partial charge is 0.434 e. The molecule has 146 valence electrons. The Labute approximate surface area is 162 Å². The SMILES string of the molecule is O=C(Nc1cc(-c2ccccc2)on1)c1cnn(-c2ccccc2)c1C(F)(F)F. The van der Waals surface area contributed by atoms with Crippen LogP contribution in [0.5, 0.6) is 0 Å². The number of anilines is 1. The normalized spacial score (nSPS) is 11.4. The molecule has 0 aliphatic carbocycles. The van der Waals surface area contributed by atoms with Gasteiger partial charge in [0.15, 0.2) is 17.3 Å². The van der Waals surface area contributed by atoms with Gasteiger partial charge in [-0.05, 0) is 12.1 Å². The van der Waals surface area contributed by atoms with Crippen molar-refractivity contribution >= 4 is 11.7 Å². The summed E-state index contributed by atoms with van der Waals surface area (Å²) in [6.45, 7) is 0. The van der Waals surface area contributed by atoms with Crippen molar-refractivity contribution in [3.05, 3.63) is 84.2 Å². The highest BCUT2D eigenvalue weighted by molar-refractivity contribution is 6.04. The number of carbonyl (C=O) groups excluding carboxylic acids is 1. The molecule has 9 heteroatoms. The van der Waals surface area contributed by atoms with Gasteiger partial charge in [0.25, 0.3) is 5.91 Å². The zero-order chi connectivity index (χ0) is 20.4. The molecule has 4 rings (SSSR count). The number of nitrogens with zero attached hydrogens (tertiary/aromatic N) is 3. The summed E-state index contributed by atoms with van der Waals surface area (Å²) in [5, 5.41) is 9.79. The molecule has 0 unspecified atom stereocenters. The molecule has 0 bridgehead atoms. The number of benzene rings is 2. The lowest BCUT2D eigenvalue weighted by Gasteiger charge is -2.12. The molecule has 0 spiro atoms. The molecular weight excluding hydrogens is 385 g/mol. The van der Waals surface area contributed by atoms with Crippen molar-refractivity contribution in [2.75, 3.05) is 5.32 Å². The number of hydrogen-bond acceptors (Lipinski definition) is 4. The first-order chi connectivity index (χ1) is 13.9. The number of halogens is 3. The van der Waals surface area contributed by atoms with Crippen LogP contribution in [0.4, 0.5) is 19.0 Å². The van der Waals surface area contributed by atoms with Gasteiger partial charge in [0, 0.05) is 11.6 Å². The van der Waals surface area contributed by atoms with E-state index in [1.54, 1.807) is 42.5 Å². The van der Waals surface area contributed by atoms with E-state index in [9.17, 15) is 18.0 Å². The van der Waals surface area contributed by atoms with E-state index in [2.05, 4.69) is 15.6 Å². The van der Waals surface area contributed by atoms with Gasteiger partial charge in [-0.25, -0.2) is 4.68 Å². The summed E-state index contributed by atoms with van der Waals surface area (Å²) in [7, 11) is 0. The highest BCUT2D eigenvalue weighted by Gasteiger charge is 2.40. The molecule has 0 atom stereocenters. The second-order valence-corrected chi connectivity index (χ2v) is 6.05. The van der Waals surface area contributed by atoms with Gasteiger partial charge < -0.3 is 9.84 Å². The molecule has 2 aromatic heterocycles. The third kappa shape index (κ3) is 3.75. The lowest BCUT2D eigenvalue weighted by molar-refractivity contribution is -0.143. The first kappa shape index (κ1) is 18.5. The summed E-state index contributed by atoms with van der Waals surface area (Å²) >= 11 is 0. The molecule has 4 aromatic rings. The third-order valence-electron chi connectivity index (χ3n) is 4.09. The molecule has 0 saturated carbocycles. The van der Waals surface area contributed by atoms with Gasteiger partial charge in [-0.1, -0.05) is 53.7 Å². The highest BCUT2D eigenvalue weighted by atomic mass is 19.4. The lowest BCUT2D eigenvalue weighted by Crippen LogP contribution is -2.20. The number of rotatable bonds is 4. The number of nitrogens with one attached hydrogen (secondary N) is 1. The fourth-order valence-corrected chi connectivity index (χ4v) is 2.81. The zero-order valence-corrected chi connectivity index (χ0v) is 14.7. The van der Waals surface area contributed by atoms with Crippen molar-refractivity contribution in [3.63, 3.8) is 0 Å². The molecule has 2 heterocycles. The fraction of sp³-hybridized carbons (Fsp3) is 0.0500.